The molecule has 0 aliphatic carbocycles. The van der Waals surface area contributed by atoms with Crippen LogP contribution in [0.4, 0.5) is 0 Å². The normalized spacial score (nSPS) is 14.0. The van der Waals surface area contributed by atoms with Crippen LogP contribution in [0.5, 0.6) is 0 Å². The average molecular weight is 241 g/mol. The molecule has 1 rings (SSSR count). The molecule has 0 aliphatic heterocycles. The Kier molecular flexibility index (Phi) is 4.19. The molecule has 17 heavy (non-hydrogen) atoms. The van der Waals surface area contributed by atoms with Gasteiger partial charge in [0, 0.05) is 23.2 Å². The van der Waals surface area contributed by atoms with Gasteiger partial charge in [-0.15, -0.1) is 0 Å². The van der Waals surface area contributed by atoms with E-state index in [1.54, 1.807) is 13.8 Å². The minimum absolute atomic E-state index is 0.0463. The van der Waals surface area contributed by atoms with Gasteiger partial charge in [0.25, 0.3) is 0 Å². The van der Waals surface area contributed by atoms with Crippen LogP contribution in [0.25, 0.3) is 0 Å². The lowest BCUT2D eigenvalue weighted by atomic mass is 9.91. The van der Waals surface area contributed by atoms with E-state index in [9.17, 15) is 14.9 Å². The third-order valence-corrected chi connectivity index (χ3v) is 2.63. The summed E-state index contributed by atoms with van der Waals surface area (Å²) >= 11 is 0. The largest absolute Gasteiger partial charge is 0.461 e. The van der Waals surface area contributed by atoms with E-state index >= 15 is 0 Å². The van der Waals surface area contributed by atoms with Gasteiger partial charge in [-0.05, 0) is 6.92 Å². The van der Waals surface area contributed by atoms with Gasteiger partial charge in [0.1, 0.15) is 0 Å². The van der Waals surface area contributed by atoms with Gasteiger partial charge in [0.15, 0.2) is 0 Å². The maximum Gasteiger partial charge on any atom is 0.385 e. The van der Waals surface area contributed by atoms with Crippen molar-refractivity contribution in [3.05, 3.63) is 28.3 Å². The Bertz CT molecular complexity index is 390. The molecule has 0 saturated heterocycles. The second-order valence-corrected chi connectivity index (χ2v) is 3.62. The maximum absolute atomic E-state index is 11.8. The van der Waals surface area contributed by atoms with E-state index in [-0.39, 0.29) is 19.4 Å². The molecule has 1 N–H and O–H groups in total. The van der Waals surface area contributed by atoms with Crippen molar-refractivity contribution < 1.29 is 14.5 Å². The van der Waals surface area contributed by atoms with E-state index in [1.165, 1.54) is 12.5 Å². The molecule has 0 amide bonds. The van der Waals surface area contributed by atoms with Crippen LogP contribution >= 0.6 is 0 Å². The zero-order valence-electron chi connectivity index (χ0n) is 9.80. The zero-order valence-corrected chi connectivity index (χ0v) is 9.80. The SMILES string of the molecule is CCOC(=O)C(CC)(Cc1cnc[nH]1)[N+](=O)[O-]. The fraction of sp³-hybridized carbons (Fsp3) is 0.600. The molecular weight excluding hydrogens is 226 g/mol. The van der Waals surface area contributed by atoms with E-state index in [0.29, 0.717) is 5.69 Å². The molecule has 94 valence electrons. The van der Waals surface area contributed by atoms with Crippen LogP contribution < -0.4 is 0 Å². The molecule has 0 aliphatic rings. The highest BCUT2D eigenvalue weighted by Crippen LogP contribution is 2.22. The Labute approximate surface area is 98.3 Å². The van der Waals surface area contributed by atoms with Gasteiger partial charge in [0.05, 0.1) is 19.4 Å². The zero-order chi connectivity index (χ0) is 12.9. The van der Waals surface area contributed by atoms with Crippen molar-refractivity contribution in [1.29, 1.82) is 0 Å². The van der Waals surface area contributed by atoms with Crippen LogP contribution in [0.3, 0.4) is 0 Å². The number of nitro groups is 1. The minimum atomic E-state index is -1.73. The minimum Gasteiger partial charge on any atom is -0.461 e. The molecule has 1 atom stereocenters. The summed E-state index contributed by atoms with van der Waals surface area (Å²) in [5.41, 5.74) is -1.20. The molecular formula is C10H15N3O4. The summed E-state index contributed by atoms with van der Waals surface area (Å²) < 4.78 is 4.79. The van der Waals surface area contributed by atoms with Crippen molar-refractivity contribution in [2.24, 2.45) is 0 Å². The Balaban J connectivity index is 3.00. The first-order valence-corrected chi connectivity index (χ1v) is 5.35. The number of ether oxygens (including phenoxy) is 1. The van der Waals surface area contributed by atoms with Crippen LogP contribution in [-0.2, 0) is 16.0 Å². The Morgan fingerprint density at radius 1 is 1.65 bits per heavy atom. The van der Waals surface area contributed by atoms with E-state index in [2.05, 4.69) is 9.97 Å². The molecule has 0 spiro atoms. The highest BCUT2D eigenvalue weighted by atomic mass is 16.6. The van der Waals surface area contributed by atoms with Gasteiger partial charge < -0.3 is 9.72 Å². The monoisotopic (exact) mass is 241 g/mol. The Morgan fingerprint density at radius 3 is 2.76 bits per heavy atom. The lowest BCUT2D eigenvalue weighted by Gasteiger charge is -2.21. The molecule has 1 heterocycles. The molecule has 7 nitrogen and oxygen atoms in total. The summed E-state index contributed by atoms with van der Waals surface area (Å²) in [7, 11) is 0. The van der Waals surface area contributed by atoms with Crippen LogP contribution in [0.1, 0.15) is 26.0 Å². The van der Waals surface area contributed by atoms with E-state index in [4.69, 9.17) is 4.74 Å². The first-order chi connectivity index (χ1) is 8.06. The van der Waals surface area contributed by atoms with Crippen molar-refractivity contribution in [2.75, 3.05) is 6.61 Å². The number of carbonyl (C=O) groups excluding carboxylic acids is 1. The number of imidazole rings is 1. The number of aromatic nitrogens is 2. The van der Waals surface area contributed by atoms with Crippen molar-refractivity contribution in [1.82, 2.24) is 9.97 Å². The first-order valence-electron chi connectivity index (χ1n) is 5.35. The summed E-state index contributed by atoms with van der Waals surface area (Å²) in [6, 6.07) is 0. The lowest BCUT2D eigenvalue weighted by Crippen LogP contribution is -2.49. The molecule has 0 fully saturated rings. The second kappa shape index (κ2) is 5.42. The Hall–Kier alpha value is -1.92. The molecule has 0 radical (unpaired) electrons. The highest BCUT2D eigenvalue weighted by molar-refractivity contribution is 5.79. The molecule has 1 aromatic heterocycles. The number of nitrogens with zero attached hydrogens (tertiary/aromatic N) is 2. The molecule has 0 bridgehead atoms. The summed E-state index contributed by atoms with van der Waals surface area (Å²) in [5, 5.41) is 11.2. The van der Waals surface area contributed by atoms with Crippen molar-refractivity contribution in [3.8, 4) is 0 Å². The van der Waals surface area contributed by atoms with Gasteiger partial charge >= 0.3 is 11.5 Å². The van der Waals surface area contributed by atoms with Crippen molar-refractivity contribution in [2.45, 2.75) is 32.2 Å². The number of esters is 1. The predicted octanol–water partition coefficient (Wildman–Crippen LogP) is 0.941. The topological polar surface area (TPSA) is 98.1 Å². The smallest absolute Gasteiger partial charge is 0.385 e. The predicted molar refractivity (Wildman–Crippen MR) is 58.9 cm³/mol. The lowest BCUT2D eigenvalue weighted by molar-refractivity contribution is -0.555. The summed E-state index contributed by atoms with van der Waals surface area (Å²) in [6.45, 7) is 3.34. The van der Waals surface area contributed by atoms with Gasteiger partial charge in [-0.2, -0.15) is 0 Å². The number of hydrogen-bond donors (Lipinski definition) is 1. The van der Waals surface area contributed by atoms with E-state index < -0.39 is 16.4 Å². The third kappa shape index (κ3) is 2.61. The fourth-order valence-electron chi connectivity index (χ4n) is 1.57. The fourth-order valence-corrected chi connectivity index (χ4v) is 1.57. The maximum atomic E-state index is 11.8. The molecule has 1 aromatic rings. The number of aromatic amines is 1. The van der Waals surface area contributed by atoms with Gasteiger partial charge in [-0.25, -0.2) is 9.78 Å². The summed E-state index contributed by atoms with van der Waals surface area (Å²) in [5.74, 6) is -0.804. The standard InChI is InChI=1S/C10H15N3O4/c1-3-10(13(15)16,9(14)17-4-2)5-8-6-11-7-12-8/h6-7H,3-5H2,1-2H3,(H,11,12). The van der Waals surface area contributed by atoms with Gasteiger partial charge in [-0.1, -0.05) is 6.92 Å². The number of hydrogen-bond acceptors (Lipinski definition) is 5. The first kappa shape index (κ1) is 13.1. The van der Waals surface area contributed by atoms with Crippen LogP contribution in [0, 0.1) is 10.1 Å². The number of H-pyrrole nitrogens is 1. The number of rotatable bonds is 6. The van der Waals surface area contributed by atoms with E-state index in [0.717, 1.165) is 0 Å². The quantitative estimate of drug-likeness (QED) is 0.454. The van der Waals surface area contributed by atoms with E-state index in [1.807, 2.05) is 0 Å². The third-order valence-electron chi connectivity index (χ3n) is 2.63. The molecule has 7 heteroatoms. The van der Waals surface area contributed by atoms with Crippen molar-refractivity contribution in [3.63, 3.8) is 0 Å². The van der Waals surface area contributed by atoms with Crippen LogP contribution in [0.15, 0.2) is 12.5 Å². The average Bonchev–Trinajstić information content (AvgIpc) is 2.78. The van der Waals surface area contributed by atoms with Crippen molar-refractivity contribution >= 4 is 5.97 Å². The van der Waals surface area contributed by atoms with Crippen LogP contribution in [0.2, 0.25) is 0 Å². The Morgan fingerprint density at radius 2 is 2.35 bits per heavy atom. The number of carbonyl (C=O) groups is 1. The summed E-state index contributed by atoms with van der Waals surface area (Å²) in [4.78, 5) is 28.9. The molecule has 1 unspecified atom stereocenters. The second-order valence-electron chi connectivity index (χ2n) is 3.62. The van der Waals surface area contributed by atoms with Gasteiger partial charge in [-0.3, -0.25) is 10.1 Å². The van der Waals surface area contributed by atoms with Gasteiger partial charge in [0.2, 0.25) is 0 Å². The summed E-state index contributed by atoms with van der Waals surface area (Å²) in [6.07, 6.45) is 2.90. The highest BCUT2D eigenvalue weighted by Gasteiger charge is 2.51. The van der Waals surface area contributed by atoms with Crippen LogP contribution in [-0.4, -0.2) is 33.0 Å². The molecule has 0 aromatic carbocycles. The molecule has 0 saturated carbocycles. The number of nitrogens with one attached hydrogen (secondary N) is 1.